The van der Waals surface area contributed by atoms with E-state index in [2.05, 4.69) is 5.32 Å². The zero-order chi connectivity index (χ0) is 14.1. The average molecular weight is 285 g/mol. The fourth-order valence-corrected chi connectivity index (χ4v) is 1.35. The largest absolute Gasteiger partial charge is 0.379 e. The SMILES string of the molecule is CSC(C)(C)CNc1c(F)c(F)c(F)c(F)c1F. The van der Waals surface area contributed by atoms with Crippen LogP contribution in [0.5, 0.6) is 0 Å². The molecule has 0 fully saturated rings. The summed E-state index contributed by atoms with van der Waals surface area (Å²) in [5, 5.41) is 2.26. The molecule has 0 unspecified atom stereocenters. The second kappa shape index (κ2) is 5.34. The fourth-order valence-electron chi connectivity index (χ4n) is 1.13. The van der Waals surface area contributed by atoms with Crippen molar-refractivity contribution in [1.82, 2.24) is 0 Å². The Bertz CT molecular complexity index is 432. The Kier molecular flexibility index (Phi) is 4.47. The van der Waals surface area contributed by atoms with Gasteiger partial charge in [0.1, 0.15) is 5.69 Å². The highest BCUT2D eigenvalue weighted by Gasteiger charge is 2.27. The molecule has 1 aromatic rings. The summed E-state index contributed by atoms with van der Waals surface area (Å²) in [5.41, 5.74) is -0.992. The van der Waals surface area contributed by atoms with Gasteiger partial charge in [0.15, 0.2) is 23.3 Å². The van der Waals surface area contributed by atoms with Crippen molar-refractivity contribution < 1.29 is 22.0 Å². The Labute approximate surface area is 106 Å². The van der Waals surface area contributed by atoms with Crippen LogP contribution in [0.2, 0.25) is 0 Å². The highest BCUT2D eigenvalue weighted by molar-refractivity contribution is 7.99. The second-order valence-corrected chi connectivity index (χ2v) is 5.78. The molecule has 18 heavy (non-hydrogen) atoms. The van der Waals surface area contributed by atoms with Crippen LogP contribution in [-0.4, -0.2) is 17.5 Å². The van der Waals surface area contributed by atoms with Crippen molar-refractivity contribution >= 4 is 17.4 Å². The summed E-state index contributed by atoms with van der Waals surface area (Å²) in [6.07, 6.45) is 1.78. The van der Waals surface area contributed by atoms with E-state index in [0.717, 1.165) is 0 Å². The van der Waals surface area contributed by atoms with Crippen molar-refractivity contribution in [2.24, 2.45) is 0 Å². The van der Waals surface area contributed by atoms with E-state index in [9.17, 15) is 22.0 Å². The highest BCUT2D eigenvalue weighted by atomic mass is 32.2. The maximum absolute atomic E-state index is 13.3. The number of hydrogen-bond donors (Lipinski definition) is 1. The summed E-state index contributed by atoms with van der Waals surface area (Å²) < 4.78 is 64.8. The molecule has 1 rings (SSSR count). The minimum atomic E-state index is -2.15. The molecule has 0 atom stereocenters. The molecule has 0 spiro atoms. The molecule has 0 radical (unpaired) electrons. The van der Waals surface area contributed by atoms with Gasteiger partial charge in [0.05, 0.1) is 0 Å². The van der Waals surface area contributed by atoms with Gasteiger partial charge >= 0.3 is 0 Å². The number of nitrogens with one attached hydrogen (secondary N) is 1. The molecule has 0 amide bonds. The molecule has 0 aromatic heterocycles. The standard InChI is InChI=1S/C11H12F5NS/c1-11(2,18-3)4-17-10-8(15)6(13)5(12)7(14)9(10)16/h17H,4H2,1-3H3. The summed E-state index contributed by atoms with van der Waals surface area (Å²) in [7, 11) is 0. The van der Waals surface area contributed by atoms with E-state index in [4.69, 9.17) is 0 Å². The Morgan fingerprint density at radius 3 is 1.67 bits per heavy atom. The van der Waals surface area contributed by atoms with Crippen molar-refractivity contribution in [3.63, 3.8) is 0 Å². The van der Waals surface area contributed by atoms with E-state index in [1.165, 1.54) is 11.8 Å². The van der Waals surface area contributed by atoms with Crippen molar-refractivity contribution in [1.29, 1.82) is 0 Å². The van der Waals surface area contributed by atoms with Crippen LogP contribution >= 0.6 is 11.8 Å². The number of halogens is 5. The van der Waals surface area contributed by atoms with Crippen molar-refractivity contribution in [2.45, 2.75) is 18.6 Å². The molecule has 102 valence electrons. The summed E-state index contributed by atoms with van der Waals surface area (Å²) in [5.74, 6) is -9.73. The minimum absolute atomic E-state index is 0.0620. The van der Waals surface area contributed by atoms with Crippen molar-refractivity contribution in [3.8, 4) is 0 Å². The van der Waals surface area contributed by atoms with Gasteiger partial charge in [0.2, 0.25) is 5.82 Å². The van der Waals surface area contributed by atoms with Crippen molar-refractivity contribution in [2.75, 3.05) is 18.1 Å². The van der Waals surface area contributed by atoms with Crippen LogP contribution in [0.25, 0.3) is 0 Å². The van der Waals surface area contributed by atoms with Crippen LogP contribution in [0, 0.1) is 29.1 Å². The fraction of sp³-hybridized carbons (Fsp3) is 0.455. The van der Waals surface area contributed by atoms with Gasteiger partial charge in [-0.3, -0.25) is 0 Å². The lowest BCUT2D eigenvalue weighted by atomic mass is 10.2. The van der Waals surface area contributed by atoms with Gasteiger partial charge in [-0.15, -0.1) is 0 Å². The van der Waals surface area contributed by atoms with E-state index in [0.29, 0.717) is 0 Å². The van der Waals surface area contributed by atoms with Crippen LogP contribution in [0.4, 0.5) is 27.6 Å². The summed E-state index contributed by atoms with van der Waals surface area (Å²) in [4.78, 5) is 0. The third-order valence-electron chi connectivity index (χ3n) is 2.45. The molecule has 7 heteroatoms. The van der Waals surface area contributed by atoms with Gasteiger partial charge in [0.25, 0.3) is 0 Å². The van der Waals surface area contributed by atoms with Gasteiger partial charge < -0.3 is 5.32 Å². The Balaban J connectivity index is 3.11. The van der Waals surface area contributed by atoms with E-state index in [1.54, 1.807) is 20.1 Å². The molecule has 1 N–H and O–H groups in total. The van der Waals surface area contributed by atoms with Gasteiger partial charge in [0, 0.05) is 11.3 Å². The van der Waals surface area contributed by atoms with Gasteiger partial charge in [-0.25, -0.2) is 22.0 Å². The van der Waals surface area contributed by atoms with Crippen molar-refractivity contribution in [3.05, 3.63) is 29.1 Å². The van der Waals surface area contributed by atoms with E-state index < -0.39 is 39.5 Å². The number of benzene rings is 1. The summed E-state index contributed by atoms with van der Waals surface area (Å²) in [6.45, 7) is 3.61. The number of thioether (sulfide) groups is 1. The first-order valence-electron chi connectivity index (χ1n) is 5.01. The van der Waals surface area contributed by atoms with Gasteiger partial charge in [-0.2, -0.15) is 11.8 Å². The predicted octanol–water partition coefficient (Wildman–Crippen LogP) is 3.94. The Morgan fingerprint density at radius 2 is 1.28 bits per heavy atom. The minimum Gasteiger partial charge on any atom is -0.379 e. The molecule has 1 nitrogen and oxygen atoms in total. The molecule has 0 saturated carbocycles. The third-order valence-corrected chi connectivity index (χ3v) is 3.70. The lowest BCUT2D eigenvalue weighted by Crippen LogP contribution is -2.27. The molecule has 0 aliphatic carbocycles. The van der Waals surface area contributed by atoms with E-state index in [-0.39, 0.29) is 6.54 Å². The lowest BCUT2D eigenvalue weighted by molar-refractivity contribution is 0.381. The van der Waals surface area contributed by atoms with Crippen LogP contribution in [0.15, 0.2) is 0 Å². The lowest BCUT2D eigenvalue weighted by Gasteiger charge is -2.23. The number of hydrogen-bond acceptors (Lipinski definition) is 2. The summed E-state index contributed by atoms with van der Waals surface area (Å²) >= 11 is 1.40. The molecule has 0 aliphatic rings. The van der Waals surface area contributed by atoms with Gasteiger partial charge in [-0.05, 0) is 20.1 Å². The zero-order valence-corrected chi connectivity index (χ0v) is 10.8. The molecule has 0 saturated heterocycles. The van der Waals surface area contributed by atoms with E-state index in [1.807, 2.05) is 0 Å². The normalized spacial score (nSPS) is 11.8. The monoisotopic (exact) mass is 285 g/mol. The topological polar surface area (TPSA) is 12.0 Å². The van der Waals surface area contributed by atoms with Crippen LogP contribution < -0.4 is 5.32 Å². The molecular formula is C11H12F5NS. The summed E-state index contributed by atoms with van der Waals surface area (Å²) in [6, 6.07) is 0. The first-order valence-corrected chi connectivity index (χ1v) is 6.24. The number of rotatable bonds is 4. The van der Waals surface area contributed by atoms with Crippen LogP contribution in [0.1, 0.15) is 13.8 Å². The average Bonchev–Trinajstić information content (AvgIpc) is 2.34. The van der Waals surface area contributed by atoms with E-state index >= 15 is 0 Å². The number of anilines is 1. The third kappa shape index (κ3) is 2.88. The maximum Gasteiger partial charge on any atom is 0.200 e. The molecule has 0 bridgehead atoms. The highest BCUT2D eigenvalue weighted by Crippen LogP contribution is 2.29. The van der Waals surface area contributed by atoms with Crippen LogP contribution in [0.3, 0.4) is 0 Å². The quantitative estimate of drug-likeness (QED) is 0.511. The Hall–Kier alpha value is -0.980. The smallest absolute Gasteiger partial charge is 0.200 e. The zero-order valence-electron chi connectivity index (χ0n) is 10.0. The molecule has 1 aromatic carbocycles. The predicted molar refractivity (Wildman–Crippen MR) is 62.3 cm³/mol. The Morgan fingerprint density at radius 1 is 0.889 bits per heavy atom. The first kappa shape index (κ1) is 15.1. The molecule has 0 aliphatic heterocycles. The van der Waals surface area contributed by atoms with Gasteiger partial charge in [-0.1, -0.05) is 0 Å². The molecule has 0 heterocycles. The van der Waals surface area contributed by atoms with Crippen LogP contribution in [-0.2, 0) is 0 Å². The maximum atomic E-state index is 13.3. The second-order valence-electron chi connectivity index (χ2n) is 4.26. The first-order chi connectivity index (χ1) is 8.21. The molecular weight excluding hydrogens is 273 g/mol.